The number of hydrogen-bond donors (Lipinski definition) is 0. The van der Waals surface area contributed by atoms with Gasteiger partial charge in [-0.2, -0.15) is 0 Å². The maximum Gasteiger partial charge on any atom is 0.220 e. The van der Waals surface area contributed by atoms with Crippen LogP contribution in [0.5, 0.6) is 5.88 Å². The first kappa shape index (κ1) is 10.6. The van der Waals surface area contributed by atoms with E-state index in [1.165, 1.54) is 6.33 Å². The van der Waals surface area contributed by atoms with Gasteiger partial charge in [0.25, 0.3) is 0 Å². The summed E-state index contributed by atoms with van der Waals surface area (Å²) in [5, 5.41) is 0.437. The Morgan fingerprint density at radius 1 is 1.60 bits per heavy atom. The van der Waals surface area contributed by atoms with Crippen LogP contribution in [0.25, 0.3) is 0 Å². The molecule has 2 rings (SSSR count). The van der Waals surface area contributed by atoms with Gasteiger partial charge in [-0.1, -0.05) is 11.6 Å². The summed E-state index contributed by atoms with van der Waals surface area (Å²) in [6.45, 7) is 3.21. The lowest BCUT2D eigenvalue weighted by Gasteiger charge is -2.12. The second-order valence-electron chi connectivity index (χ2n) is 3.54. The van der Waals surface area contributed by atoms with Gasteiger partial charge in [0.2, 0.25) is 5.88 Å². The standard InChI is InChI=1S/C10H13ClN2O2/c1-7-9(11)12-6-13-10(7)15-5-8-3-2-4-14-8/h6,8H,2-5H2,1H3. The summed E-state index contributed by atoms with van der Waals surface area (Å²) in [7, 11) is 0. The van der Waals surface area contributed by atoms with Crippen LogP contribution in [0.3, 0.4) is 0 Å². The van der Waals surface area contributed by atoms with Gasteiger partial charge in [-0.3, -0.25) is 0 Å². The van der Waals surface area contributed by atoms with E-state index in [-0.39, 0.29) is 6.10 Å². The summed E-state index contributed by atoms with van der Waals surface area (Å²) in [6.07, 6.45) is 3.76. The van der Waals surface area contributed by atoms with Crippen molar-refractivity contribution < 1.29 is 9.47 Å². The third-order valence-electron chi connectivity index (χ3n) is 2.41. The van der Waals surface area contributed by atoms with E-state index in [0.29, 0.717) is 17.6 Å². The Kier molecular flexibility index (Phi) is 3.38. The Hall–Kier alpha value is -0.870. The molecule has 0 aromatic carbocycles. The fourth-order valence-corrected chi connectivity index (χ4v) is 1.63. The zero-order valence-electron chi connectivity index (χ0n) is 8.57. The predicted octanol–water partition coefficient (Wildman–Crippen LogP) is 2.00. The van der Waals surface area contributed by atoms with Crippen molar-refractivity contribution in [1.82, 2.24) is 9.97 Å². The molecule has 1 aromatic rings. The van der Waals surface area contributed by atoms with Crippen molar-refractivity contribution in [3.63, 3.8) is 0 Å². The molecule has 1 aliphatic heterocycles. The van der Waals surface area contributed by atoms with Gasteiger partial charge in [0.05, 0.1) is 6.10 Å². The molecule has 2 heterocycles. The average molecular weight is 229 g/mol. The van der Waals surface area contributed by atoms with Crippen LogP contribution in [0.1, 0.15) is 18.4 Å². The molecule has 5 heteroatoms. The van der Waals surface area contributed by atoms with Crippen molar-refractivity contribution in [2.24, 2.45) is 0 Å². The maximum atomic E-state index is 5.85. The van der Waals surface area contributed by atoms with E-state index in [1.807, 2.05) is 6.92 Å². The number of rotatable bonds is 3. The summed E-state index contributed by atoms with van der Waals surface area (Å²) < 4.78 is 11.0. The molecule has 0 bridgehead atoms. The number of nitrogens with zero attached hydrogens (tertiary/aromatic N) is 2. The fraction of sp³-hybridized carbons (Fsp3) is 0.600. The summed E-state index contributed by atoms with van der Waals surface area (Å²) in [4.78, 5) is 7.89. The van der Waals surface area contributed by atoms with E-state index >= 15 is 0 Å². The second kappa shape index (κ2) is 4.77. The maximum absolute atomic E-state index is 5.85. The molecular formula is C10H13ClN2O2. The smallest absolute Gasteiger partial charge is 0.220 e. The van der Waals surface area contributed by atoms with Crippen LogP contribution in [0.4, 0.5) is 0 Å². The van der Waals surface area contributed by atoms with Gasteiger partial charge in [-0.15, -0.1) is 0 Å². The SMILES string of the molecule is Cc1c(Cl)ncnc1OCC1CCCO1. The van der Waals surface area contributed by atoms with E-state index in [1.54, 1.807) is 0 Å². The minimum atomic E-state index is 0.193. The molecule has 1 fully saturated rings. The van der Waals surface area contributed by atoms with Crippen LogP contribution in [0.2, 0.25) is 5.15 Å². The highest BCUT2D eigenvalue weighted by molar-refractivity contribution is 6.30. The van der Waals surface area contributed by atoms with Gasteiger partial charge in [-0.05, 0) is 19.8 Å². The van der Waals surface area contributed by atoms with Gasteiger partial charge >= 0.3 is 0 Å². The monoisotopic (exact) mass is 228 g/mol. The van der Waals surface area contributed by atoms with Crippen molar-refractivity contribution in [2.75, 3.05) is 13.2 Å². The summed E-state index contributed by atoms with van der Waals surface area (Å²) in [6, 6.07) is 0. The van der Waals surface area contributed by atoms with Crippen LogP contribution >= 0.6 is 11.6 Å². The van der Waals surface area contributed by atoms with Gasteiger partial charge in [0, 0.05) is 12.2 Å². The molecular weight excluding hydrogens is 216 g/mol. The highest BCUT2D eigenvalue weighted by Gasteiger charge is 2.17. The molecule has 0 N–H and O–H groups in total. The molecule has 82 valence electrons. The Bertz CT molecular complexity index is 340. The predicted molar refractivity (Wildman–Crippen MR) is 56.2 cm³/mol. The molecule has 4 nitrogen and oxygen atoms in total. The number of ether oxygens (including phenoxy) is 2. The summed E-state index contributed by atoms with van der Waals surface area (Å²) in [5.74, 6) is 0.547. The lowest BCUT2D eigenvalue weighted by Crippen LogP contribution is -2.17. The number of aromatic nitrogens is 2. The molecule has 0 spiro atoms. The largest absolute Gasteiger partial charge is 0.475 e. The zero-order valence-corrected chi connectivity index (χ0v) is 9.33. The first-order chi connectivity index (χ1) is 7.27. The second-order valence-corrected chi connectivity index (χ2v) is 3.90. The highest BCUT2D eigenvalue weighted by Crippen LogP contribution is 2.21. The Morgan fingerprint density at radius 3 is 3.20 bits per heavy atom. The molecule has 1 saturated heterocycles. The lowest BCUT2D eigenvalue weighted by atomic mass is 10.2. The van der Waals surface area contributed by atoms with E-state index in [4.69, 9.17) is 21.1 Å². The van der Waals surface area contributed by atoms with Crippen molar-refractivity contribution in [3.05, 3.63) is 17.0 Å². The molecule has 1 atom stereocenters. The number of hydrogen-bond acceptors (Lipinski definition) is 4. The topological polar surface area (TPSA) is 44.2 Å². The van der Waals surface area contributed by atoms with Gasteiger partial charge < -0.3 is 9.47 Å². The van der Waals surface area contributed by atoms with Crippen molar-refractivity contribution in [3.8, 4) is 5.88 Å². The average Bonchev–Trinajstić information content (AvgIpc) is 2.73. The molecule has 0 radical (unpaired) electrons. The van der Waals surface area contributed by atoms with Crippen molar-refractivity contribution >= 4 is 11.6 Å². The van der Waals surface area contributed by atoms with Crippen LogP contribution < -0.4 is 4.74 Å². The van der Waals surface area contributed by atoms with Crippen LogP contribution in [-0.2, 0) is 4.74 Å². The molecule has 1 aliphatic rings. The van der Waals surface area contributed by atoms with E-state index in [9.17, 15) is 0 Å². The van der Waals surface area contributed by atoms with E-state index in [0.717, 1.165) is 25.0 Å². The van der Waals surface area contributed by atoms with Crippen LogP contribution in [0, 0.1) is 6.92 Å². The summed E-state index contributed by atoms with van der Waals surface area (Å²) in [5.41, 5.74) is 0.775. The van der Waals surface area contributed by atoms with E-state index < -0.39 is 0 Å². The Morgan fingerprint density at radius 2 is 2.47 bits per heavy atom. The molecule has 0 amide bonds. The number of halogens is 1. The zero-order chi connectivity index (χ0) is 10.7. The minimum Gasteiger partial charge on any atom is -0.475 e. The third kappa shape index (κ3) is 2.58. The molecule has 15 heavy (non-hydrogen) atoms. The first-order valence-electron chi connectivity index (χ1n) is 4.99. The first-order valence-corrected chi connectivity index (χ1v) is 5.36. The summed E-state index contributed by atoms with van der Waals surface area (Å²) >= 11 is 5.85. The third-order valence-corrected chi connectivity index (χ3v) is 2.79. The van der Waals surface area contributed by atoms with Gasteiger partial charge in [0.1, 0.15) is 18.1 Å². The molecule has 0 saturated carbocycles. The Labute approximate surface area is 93.6 Å². The highest BCUT2D eigenvalue weighted by atomic mass is 35.5. The molecule has 1 unspecified atom stereocenters. The van der Waals surface area contributed by atoms with Gasteiger partial charge in [-0.25, -0.2) is 9.97 Å². The lowest BCUT2D eigenvalue weighted by molar-refractivity contribution is 0.0660. The quantitative estimate of drug-likeness (QED) is 0.743. The Balaban J connectivity index is 1.95. The molecule has 0 aliphatic carbocycles. The van der Waals surface area contributed by atoms with Crippen molar-refractivity contribution in [1.29, 1.82) is 0 Å². The van der Waals surface area contributed by atoms with E-state index in [2.05, 4.69) is 9.97 Å². The minimum absolute atomic E-state index is 0.193. The van der Waals surface area contributed by atoms with Gasteiger partial charge in [0.15, 0.2) is 0 Å². The molecule has 1 aromatic heterocycles. The van der Waals surface area contributed by atoms with Crippen LogP contribution in [0.15, 0.2) is 6.33 Å². The normalized spacial score (nSPS) is 20.5. The fourth-order valence-electron chi connectivity index (χ4n) is 1.51. The van der Waals surface area contributed by atoms with Crippen molar-refractivity contribution in [2.45, 2.75) is 25.9 Å². The van der Waals surface area contributed by atoms with Crippen LogP contribution in [-0.4, -0.2) is 29.3 Å².